The normalized spacial score (nSPS) is 25.4. The molecule has 2 N–H and O–H groups in total. The number of fused-ring (bicyclic) bond motifs is 2. The number of aromatic nitrogens is 1. The monoisotopic (exact) mass is 649 g/mol. The fourth-order valence-electron chi connectivity index (χ4n) is 7.73. The molecular weight excluding hydrogens is 611 g/mol. The highest BCUT2D eigenvalue weighted by Gasteiger charge is 2.70. The van der Waals surface area contributed by atoms with Crippen molar-refractivity contribution in [3.05, 3.63) is 41.7 Å². The lowest BCUT2D eigenvalue weighted by Gasteiger charge is -2.36. The van der Waals surface area contributed by atoms with Crippen LogP contribution >= 0.6 is 0 Å². The van der Waals surface area contributed by atoms with Gasteiger partial charge in [0.15, 0.2) is 0 Å². The number of carbonyl (C=O) groups is 3. The number of pyridine rings is 1. The van der Waals surface area contributed by atoms with Crippen LogP contribution in [0.5, 0.6) is 0 Å². The Morgan fingerprint density at radius 2 is 1.91 bits per heavy atom. The van der Waals surface area contributed by atoms with Gasteiger partial charge in [0.05, 0.1) is 17.8 Å². The third kappa shape index (κ3) is 6.16. The molecule has 0 spiro atoms. The van der Waals surface area contributed by atoms with Crippen molar-refractivity contribution >= 4 is 28.5 Å². The van der Waals surface area contributed by atoms with Crippen LogP contribution in [-0.2, 0) is 25.5 Å². The minimum Gasteiger partial charge on any atom is -0.369 e. The second-order valence-corrected chi connectivity index (χ2v) is 14.1. The number of ether oxygens (including phenoxy) is 1. The number of nitrogens with zero attached hydrogens (tertiary/aromatic N) is 3. The molecule has 12 heteroatoms. The first-order chi connectivity index (χ1) is 22.2. The van der Waals surface area contributed by atoms with Gasteiger partial charge in [-0.25, -0.2) is 0 Å². The van der Waals surface area contributed by atoms with Gasteiger partial charge in [0.25, 0.3) is 0 Å². The van der Waals surface area contributed by atoms with Crippen molar-refractivity contribution in [3.8, 4) is 18.4 Å². The molecule has 3 amide bonds. The topological polar surface area (TPSA) is 124 Å². The highest BCUT2D eigenvalue weighted by Crippen LogP contribution is 2.65. The second-order valence-electron chi connectivity index (χ2n) is 14.1. The zero-order valence-corrected chi connectivity index (χ0v) is 26.6. The number of halogens is 3. The lowest BCUT2D eigenvalue weighted by molar-refractivity contribution is -0.177. The smallest absolute Gasteiger partial charge is 0.369 e. The largest absolute Gasteiger partial charge is 0.471 e. The molecule has 1 unspecified atom stereocenters. The predicted octanol–water partition coefficient (Wildman–Crippen LogP) is 4.03. The van der Waals surface area contributed by atoms with Crippen molar-refractivity contribution in [3.63, 3.8) is 0 Å². The van der Waals surface area contributed by atoms with E-state index in [2.05, 4.69) is 22.3 Å². The highest BCUT2D eigenvalue weighted by atomic mass is 19.4. The number of benzene rings is 1. The summed E-state index contributed by atoms with van der Waals surface area (Å²) in [6.07, 6.45) is 6.86. The van der Waals surface area contributed by atoms with Crippen molar-refractivity contribution in [1.82, 2.24) is 20.5 Å². The van der Waals surface area contributed by atoms with E-state index in [1.54, 1.807) is 12.4 Å². The van der Waals surface area contributed by atoms with E-state index in [0.717, 1.165) is 42.0 Å². The van der Waals surface area contributed by atoms with Gasteiger partial charge in [-0.2, -0.15) is 18.4 Å². The lowest BCUT2D eigenvalue weighted by atomic mass is 9.97. The number of nitrogens with one attached hydrogen (secondary N) is 2. The highest BCUT2D eigenvalue weighted by molar-refractivity contribution is 5.95. The summed E-state index contributed by atoms with van der Waals surface area (Å²) in [4.78, 5) is 45.7. The summed E-state index contributed by atoms with van der Waals surface area (Å²) >= 11 is 0. The number of amides is 3. The minimum atomic E-state index is -5.21. The number of aryl methyl sites for hydroxylation is 1. The summed E-state index contributed by atoms with van der Waals surface area (Å²) in [5.74, 6) is -0.962. The van der Waals surface area contributed by atoms with Crippen LogP contribution in [0.1, 0.15) is 64.0 Å². The number of hydrogen-bond acceptors (Lipinski definition) is 6. The molecule has 0 radical (unpaired) electrons. The minimum absolute atomic E-state index is 0.0666. The van der Waals surface area contributed by atoms with E-state index in [0.29, 0.717) is 17.9 Å². The lowest BCUT2D eigenvalue weighted by Crippen LogP contribution is -2.61. The molecule has 248 valence electrons. The van der Waals surface area contributed by atoms with Gasteiger partial charge in [-0.15, -0.1) is 6.42 Å². The Morgan fingerprint density at radius 1 is 1.19 bits per heavy atom. The van der Waals surface area contributed by atoms with Gasteiger partial charge in [-0.3, -0.25) is 19.4 Å². The standard InChI is InChI=1S/C35H38F3N5O4/c1-5-20-7-6-8-21-16-40-17-22(26(20)21)9-12-24(15-39)41-30(44)29-27-25(33(27,3)4)18-43(29)31(45)28(42-32(46)35(36,37)38)19(2)47-34(13-14-34)23-10-11-23/h1,6-8,16-17,19,23-25,27-29H,9-14,18H2,2-4H3,(H,41,44)(H,42,46)/t19-,24?,25+,27+,28+,29+/m1/s1. The van der Waals surface area contributed by atoms with Crippen molar-refractivity contribution in [1.29, 1.82) is 5.26 Å². The Morgan fingerprint density at radius 3 is 2.53 bits per heavy atom. The molecular formula is C35H38F3N5O4. The average Bonchev–Trinajstić information content (AvgIpc) is 3.98. The van der Waals surface area contributed by atoms with E-state index >= 15 is 0 Å². The Balaban J connectivity index is 1.20. The number of piperidine rings is 1. The molecule has 9 nitrogen and oxygen atoms in total. The van der Waals surface area contributed by atoms with Crippen LogP contribution in [0.15, 0.2) is 30.6 Å². The summed E-state index contributed by atoms with van der Waals surface area (Å²) in [6, 6.07) is 4.08. The molecule has 47 heavy (non-hydrogen) atoms. The van der Waals surface area contributed by atoms with Gasteiger partial charge >= 0.3 is 12.1 Å². The SMILES string of the molecule is C#Cc1cccc2cncc(CCC(C#N)NC(=O)[C@@H]3[C@@H]4[C@H](CN3C(=O)[C@@H](NC(=O)C(F)(F)F)[C@@H](C)OC3(C5CC5)CC3)C4(C)C)c12. The molecule has 4 aliphatic rings. The van der Waals surface area contributed by atoms with Crippen LogP contribution < -0.4 is 10.6 Å². The maximum atomic E-state index is 14.1. The number of nitriles is 1. The van der Waals surface area contributed by atoms with Gasteiger partial charge in [0.2, 0.25) is 11.8 Å². The van der Waals surface area contributed by atoms with Crippen molar-refractivity contribution in [2.24, 2.45) is 23.2 Å². The Kier molecular flexibility index (Phi) is 8.24. The molecule has 1 saturated heterocycles. The first-order valence-corrected chi connectivity index (χ1v) is 16.1. The first-order valence-electron chi connectivity index (χ1n) is 16.1. The summed E-state index contributed by atoms with van der Waals surface area (Å²) in [7, 11) is 0. The van der Waals surface area contributed by atoms with E-state index in [9.17, 15) is 32.8 Å². The van der Waals surface area contributed by atoms with E-state index in [1.807, 2.05) is 37.4 Å². The number of rotatable bonds is 11. The van der Waals surface area contributed by atoms with E-state index < -0.39 is 53.7 Å². The predicted molar refractivity (Wildman–Crippen MR) is 165 cm³/mol. The third-order valence-electron chi connectivity index (χ3n) is 10.7. The van der Waals surface area contributed by atoms with Gasteiger partial charge in [-0.05, 0) is 80.2 Å². The molecule has 2 heterocycles. The van der Waals surface area contributed by atoms with Crippen LogP contribution in [-0.4, -0.2) is 70.2 Å². The molecule has 1 aromatic carbocycles. The number of hydrogen-bond donors (Lipinski definition) is 2. The van der Waals surface area contributed by atoms with Crippen LogP contribution in [0.3, 0.4) is 0 Å². The van der Waals surface area contributed by atoms with Crippen LogP contribution in [0, 0.1) is 46.8 Å². The average molecular weight is 650 g/mol. The van der Waals surface area contributed by atoms with Crippen molar-refractivity contribution < 1.29 is 32.3 Å². The van der Waals surface area contributed by atoms with Crippen molar-refractivity contribution in [2.45, 2.75) is 95.3 Å². The number of alkyl halides is 3. The molecule has 3 saturated carbocycles. The molecule has 6 atom stereocenters. The summed E-state index contributed by atoms with van der Waals surface area (Å²) in [6.45, 7) is 5.59. The van der Waals surface area contributed by atoms with Gasteiger partial charge in [-0.1, -0.05) is 31.9 Å². The van der Waals surface area contributed by atoms with Gasteiger partial charge in [0, 0.05) is 35.3 Å². The number of terminal acetylenes is 1. The van der Waals surface area contributed by atoms with E-state index in [4.69, 9.17) is 11.2 Å². The Hall–Kier alpha value is -4.16. The van der Waals surface area contributed by atoms with Crippen LogP contribution in [0.25, 0.3) is 10.8 Å². The van der Waals surface area contributed by atoms with Crippen LogP contribution in [0.4, 0.5) is 13.2 Å². The van der Waals surface area contributed by atoms with E-state index in [1.165, 1.54) is 11.8 Å². The molecule has 3 aliphatic carbocycles. The number of likely N-dealkylation sites (tertiary alicyclic amines) is 1. The Labute approximate surface area is 271 Å². The molecule has 6 rings (SSSR count). The fraction of sp³-hybridized carbons (Fsp3) is 0.571. The maximum Gasteiger partial charge on any atom is 0.471 e. The quantitative estimate of drug-likeness (QED) is 0.355. The third-order valence-corrected chi connectivity index (χ3v) is 10.7. The molecule has 1 aromatic heterocycles. The van der Waals surface area contributed by atoms with Crippen molar-refractivity contribution in [2.75, 3.05) is 6.54 Å². The zero-order chi connectivity index (χ0) is 33.9. The molecule has 2 aromatic rings. The fourth-order valence-corrected chi connectivity index (χ4v) is 7.73. The van der Waals surface area contributed by atoms with E-state index in [-0.39, 0.29) is 30.2 Å². The van der Waals surface area contributed by atoms with Gasteiger partial charge in [0.1, 0.15) is 18.1 Å². The Bertz CT molecular complexity index is 1680. The first kappa shape index (κ1) is 32.8. The maximum absolute atomic E-state index is 14.1. The van der Waals surface area contributed by atoms with Crippen LogP contribution in [0.2, 0.25) is 0 Å². The zero-order valence-electron chi connectivity index (χ0n) is 26.6. The molecule has 1 aliphatic heterocycles. The van der Waals surface area contributed by atoms with Gasteiger partial charge < -0.3 is 20.3 Å². The summed E-state index contributed by atoms with van der Waals surface area (Å²) in [5.41, 5.74) is 0.740. The molecule has 0 bridgehead atoms. The summed E-state index contributed by atoms with van der Waals surface area (Å²) < 4.78 is 46.4. The molecule has 4 fully saturated rings. The summed E-state index contributed by atoms with van der Waals surface area (Å²) in [5, 5.41) is 16.4. The second kappa shape index (κ2) is 11.8. The number of carbonyl (C=O) groups excluding carboxylic acids is 3.